The summed E-state index contributed by atoms with van der Waals surface area (Å²) in [7, 11) is 1.32. The average molecular weight is 201 g/mol. The van der Waals surface area contributed by atoms with Gasteiger partial charge in [-0.25, -0.2) is 8.78 Å². The number of halogens is 2. The van der Waals surface area contributed by atoms with Crippen LogP contribution in [0.3, 0.4) is 0 Å². The number of methoxy groups -OCH3 is 1. The van der Waals surface area contributed by atoms with E-state index in [1.165, 1.54) is 7.11 Å². The van der Waals surface area contributed by atoms with Gasteiger partial charge in [0.25, 0.3) is 0 Å². The number of rotatable bonds is 4. The van der Waals surface area contributed by atoms with E-state index in [9.17, 15) is 8.78 Å². The van der Waals surface area contributed by atoms with Crippen LogP contribution in [0.25, 0.3) is 0 Å². The molecule has 1 aromatic rings. The summed E-state index contributed by atoms with van der Waals surface area (Å²) in [6.07, 6.45) is 1.000. The molecule has 0 aliphatic rings. The van der Waals surface area contributed by atoms with E-state index in [-0.39, 0.29) is 11.3 Å². The van der Waals surface area contributed by atoms with Crippen LogP contribution < -0.4 is 10.5 Å². The quantitative estimate of drug-likeness (QED) is 0.807. The molecule has 0 saturated heterocycles. The molecule has 1 aromatic carbocycles. The minimum atomic E-state index is -0.541. The Morgan fingerprint density at radius 3 is 2.50 bits per heavy atom. The Bertz CT molecular complexity index is 315. The lowest BCUT2D eigenvalue weighted by atomic mass is 10.1. The lowest BCUT2D eigenvalue weighted by Gasteiger charge is -2.09. The average Bonchev–Trinajstić information content (AvgIpc) is 2.19. The molecule has 2 N–H and O–H groups in total. The first-order valence-electron chi connectivity index (χ1n) is 4.41. The zero-order valence-electron chi connectivity index (χ0n) is 8.02. The van der Waals surface area contributed by atoms with Crippen molar-refractivity contribution in [2.45, 2.75) is 12.8 Å². The molecule has 0 spiro atoms. The highest BCUT2D eigenvalue weighted by Crippen LogP contribution is 2.26. The van der Waals surface area contributed by atoms with E-state index < -0.39 is 11.6 Å². The van der Waals surface area contributed by atoms with E-state index in [0.29, 0.717) is 19.4 Å². The maximum Gasteiger partial charge on any atom is 0.165 e. The molecule has 0 amide bonds. The third kappa shape index (κ3) is 2.20. The Hall–Kier alpha value is -1.16. The molecule has 78 valence electrons. The van der Waals surface area contributed by atoms with Crippen LogP contribution in [-0.2, 0) is 6.42 Å². The van der Waals surface area contributed by atoms with E-state index in [1.807, 2.05) is 0 Å². The molecule has 2 nitrogen and oxygen atoms in total. The predicted molar refractivity (Wildman–Crippen MR) is 50.3 cm³/mol. The van der Waals surface area contributed by atoms with Gasteiger partial charge in [0, 0.05) is 5.56 Å². The van der Waals surface area contributed by atoms with Crippen LogP contribution in [0.5, 0.6) is 5.75 Å². The molecule has 0 aromatic heterocycles. The molecule has 0 bridgehead atoms. The van der Waals surface area contributed by atoms with E-state index in [2.05, 4.69) is 0 Å². The Kier molecular flexibility index (Phi) is 3.83. The van der Waals surface area contributed by atoms with Gasteiger partial charge in [-0.05, 0) is 31.5 Å². The van der Waals surface area contributed by atoms with E-state index in [4.69, 9.17) is 10.5 Å². The smallest absolute Gasteiger partial charge is 0.165 e. The molecule has 0 radical (unpaired) electrons. The van der Waals surface area contributed by atoms with Crippen molar-refractivity contribution < 1.29 is 13.5 Å². The number of hydrogen-bond donors (Lipinski definition) is 1. The fourth-order valence-corrected chi connectivity index (χ4v) is 1.31. The second-order valence-electron chi connectivity index (χ2n) is 2.93. The van der Waals surface area contributed by atoms with Crippen LogP contribution in [0.15, 0.2) is 12.1 Å². The molecule has 0 unspecified atom stereocenters. The summed E-state index contributed by atoms with van der Waals surface area (Å²) >= 11 is 0. The van der Waals surface area contributed by atoms with Crippen molar-refractivity contribution in [3.8, 4) is 5.75 Å². The molecule has 1 rings (SSSR count). The molecule has 14 heavy (non-hydrogen) atoms. The Labute approximate surface area is 81.7 Å². The second-order valence-corrected chi connectivity index (χ2v) is 2.93. The standard InChI is InChI=1S/C10H13F2NO/c1-14-10-7(3-2-6-13)8(11)4-5-9(10)12/h4-5H,2-3,6,13H2,1H3. The van der Waals surface area contributed by atoms with Crippen molar-refractivity contribution >= 4 is 0 Å². The highest BCUT2D eigenvalue weighted by Gasteiger charge is 2.13. The van der Waals surface area contributed by atoms with Gasteiger partial charge in [-0.2, -0.15) is 0 Å². The Morgan fingerprint density at radius 1 is 1.29 bits per heavy atom. The summed E-state index contributed by atoms with van der Waals surface area (Å²) in [5.74, 6) is -1.00. The predicted octanol–water partition coefficient (Wildman–Crippen LogP) is 1.86. The summed E-state index contributed by atoms with van der Waals surface area (Å²) < 4.78 is 31.2. The van der Waals surface area contributed by atoms with Gasteiger partial charge in [-0.3, -0.25) is 0 Å². The normalized spacial score (nSPS) is 10.3. The van der Waals surface area contributed by atoms with Gasteiger partial charge in [0.15, 0.2) is 11.6 Å². The SMILES string of the molecule is COc1c(F)ccc(F)c1CCCN. The highest BCUT2D eigenvalue weighted by atomic mass is 19.1. The molecular formula is C10H13F2NO. The summed E-state index contributed by atoms with van der Waals surface area (Å²) in [5.41, 5.74) is 5.56. The number of ether oxygens (including phenoxy) is 1. The fourth-order valence-electron chi connectivity index (χ4n) is 1.31. The first-order valence-corrected chi connectivity index (χ1v) is 4.41. The molecule has 0 fully saturated rings. The zero-order chi connectivity index (χ0) is 10.6. The van der Waals surface area contributed by atoms with E-state index in [1.54, 1.807) is 0 Å². The number of hydrogen-bond acceptors (Lipinski definition) is 2. The minimum Gasteiger partial charge on any atom is -0.493 e. The first-order chi connectivity index (χ1) is 6.70. The van der Waals surface area contributed by atoms with Gasteiger partial charge >= 0.3 is 0 Å². The maximum absolute atomic E-state index is 13.3. The lowest BCUT2D eigenvalue weighted by molar-refractivity contribution is 0.375. The van der Waals surface area contributed by atoms with Gasteiger partial charge in [0.2, 0.25) is 0 Å². The van der Waals surface area contributed by atoms with Gasteiger partial charge < -0.3 is 10.5 Å². The van der Waals surface area contributed by atoms with Crippen molar-refractivity contribution in [2.75, 3.05) is 13.7 Å². The van der Waals surface area contributed by atoms with E-state index in [0.717, 1.165) is 12.1 Å². The van der Waals surface area contributed by atoms with Crippen LogP contribution in [-0.4, -0.2) is 13.7 Å². The van der Waals surface area contributed by atoms with Crippen molar-refractivity contribution in [3.63, 3.8) is 0 Å². The molecule has 0 aliphatic heterocycles. The zero-order valence-corrected chi connectivity index (χ0v) is 8.02. The van der Waals surface area contributed by atoms with Crippen molar-refractivity contribution in [2.24, 2.45) is 5.73 Å². The summed E-state index contributed by atoms with van der Waals surface area (Å²) in [5, 5.41) is 0. The third-order valence-corrected chi connectivity index (χ3v) is 1.99. The molecule has 0 heterocycles. The molecule has 0 atom stereocenters. The summed E-state index contributed by atoms with van der Waals surface area (Å²) in [6.45, 7) is 0.444. The fraction of sp³-hybridized carbons (Fsp3) is 0.400. The lowest BCUT2D eigenvalue weighted by Crippen LogP contribution is -2.04. The molecule has 0 saturated carbocycles. The van der Waals surface area contributed by atoms with Crippen LogP contribution in [0.2, 0.25) is 0 Å². The molecule has 4 heteroatoms. The Morgan fingerprint density at radius 2 is 1.93 bits per heavy atom. The van der Waals surface area contributed by atoms with Crippen LogP contribution >= 0.6 is 0 Å². The summed E-state index contributed by atoms with van der Waals surface area (Å²) in [6, 6.07) is 2.16. The van der Waals surface area contributed by atoms with Crippen molar-refractivity contribution in [1.82, 2.24) is 0 Å². The van der Waals surface area contributed by atoms with Crippen LogP contribution in [0.1, 0.15) is 12.0 Å². The van der Waals surface area contributed by atoms with Crippen LogP contribution in [0.4, 0.5) is 8.78 Å². The van der Waals surface area contributed by atoms with Crippen molar-refractivity contribution in [1.29, 1.82) is 0 Å². The van der Waals surface area contributed by atoms with Gasteiger partial charge in [-0.1, -0.05) is 0 Å². The largest absolute Gasteiger partial charge is 0.493 e. The van der Waals surface area contributed by atoms with Gasteiger partial charge in [-0.15, -0.1) is 0 Å². The minimum absolute atomic E-state index is 0.0153. The maximum atomic E-state index is 13.3. The Balaban J connectivity index is 3.03. The molecule has 0 aliphatic carbocycles. The molecular weight excluding hydrogens is 188 g/mol. The van der Waals surface area contributed by atoms with Gasteiger partial charge in [0.1, 0.15) is 5.82 Å². The highest BCUT2D eigenvalue weighted by molar-refractivity contribution is 5.36. The van der Waals surface area contributed by atoms with E-state index >= 15 is 0 Å². The topological polar surface area (TPSA) is 35.2 Å². The number of nitrogens with two attached hydrogens (primary N) is 1. The first kappa shape index (κ1) is 10.9. The monoisotopic (exact) mass is 201 g/mol. The van der Waals surface area contributed by atoms with Gasteiger partial charge in [0.05, 0.1) is 7.11 Å². The number of benzene rings is 1. The van der Waals surface area contributed by atoms with Crippen LogP contribution in [0, 0.1) is 11.6 Å². The second kappa shape index (κ2) is 4.91. The van der Waals surface area contributed by atoms with Crippen molar-refractivity contribution in [3.05, 3.63) is 29.3 Å². The third-order valence-electron chi connectivity index (χ3n) is 1.99. The summed E-state index contributed by atoms with van der Waals surface area (Å²) in [4.78, 5) is 0.